The smallest absolute Gasteiger partial charge is 0.227 e. The average molecular weight is 484 g/mol. The van der Waals surface area contributed by atoms with Gasteiger partial charge in [0.2, 0.25) is 5.88 Å². The maximum Gasteiger partial charge on any atom is 0.227 e. The SMILES string of the molecule is Cc1nn(-c2cccc(Cl)c2)c(Oc2ccccc2)c1CN(C[C@H](O)COCC(C)C)C1CC1. The molecule has 6 nitrogen and oxygen atoms in total. The quantitative estimate of drug-likeness (QED) is 0.362. The summed E-state index contributed by atoms with van der Waals surface area (Å²) in [6.07, 6.45) is 1.73. The highest BCUT2D eigenvalue weighted by Gasteiger charge is 2.32. The Labute approximate surface area is 207 Å². The summed E-state index contributed by atoms with van der Waals surface area (Å²) in [5.41, 5.74) is 2.74. The van der Waals surface area contributed by atoms with Crippen LogP contribution in [0, 0.1) is 12.8 Å². The molecule has 0 spiro atoms. The molecule has 0 aliphatic heterocycles. The number of hydrogen-bond acceptors (Lipinski definition) is 5. The van der Waals surface area contributed by atoms with Crippen molar-refractivity contribution in [3.8, 4) is 17.3 Å². The maximum atomic E-state index is 10.6. The molecule has 0 unspecified atom stereocenters. The predicted molar refractivity (Wildman–Crippen MR) is 135 cm³/mol. The van der Waals surface area contributed by atoms with Crippen molar-refractivity contribution < 1.29 is 14.6 Å². The van der Waals surface area contributed by atoms with Crippen molar-refractivity contribution in [2.75, 3.05) is 19.8 Å². The first-order valence-corrected chi connectivity index (χ1v) is 12.4. The van der Waals surface area contributed by atoms with Gasteiger partial charge in [-0.2, -0.15) is 5.10 Å². The van der Waals surface area contributed by atoms with Gasteiger partial charge in [0.15, 0.2) is 0 Å². The third kappa shape index (κ3) is 6.60. The highest BCUT2D eigenvalue weighted by atomic mass is 35.5. The van der Waals surface area contributed by atoms with E-state index in [2.05, 4.69) is 18.7 Å². The molecule has 4 rings (SSSR count). The molecule has 7 heteroatoms. The Bertz CT molecular complexity index is 1070. The fourth-order valence-corrected chi connectivity index (χ4v) is 4.14. The Balaban J connectivity index is 1.60. The Hall–Kier alpha value is -2.38. The second-order valence-electron chi connectivity index (χ2n) is 9.42. The molecule has 182 valence electrons. The lowest BCUT2D eigenvalue weighted by Gasteiger charge is -2.25. The normalized spacial score (nSPS) is 14.7. The van der Waals surface area contributed by atoms with Gasteiger partial charge in [-0.25, -0.2) is 4.68 Å². The molecule has 1 atom stereocenters. The lowest BCUT2D eigenvalue weighted by atomic mass is 10.2. The average Bonchev–Trinajstić information content (AvgIpc) is 3.60. The lowest BCUT2D eigenvalue weighted by Crippen LogP contribution is -2.36. The van der Waals surface area contributed by atoms with Gasteiger partial charge in [0.25, 0.3) is 0 Å². The molecule has 0 bridgehead atoms. The first-order chi connectivity index (χ1) is 16.4. The number of halogens is 1. The number of ether oxygens (including phenoxy) is 2. The van der Waals surface area contributed by atoms with Crippen LogP contribution in [-0.4, -0.2) is 51.7 Å². The highest BCUT2D eigenvalue weighted by Crippen LogP contribution is 2.35. The molecule has 2 aromatic carbocycles. The molecule has 1 aromatic heterocycles. The first-order valence-electron chi connectivity index (χ1n) is 12.0. The van der Waals surface area contributed by atoms with Crippen LogP contribution >= 0.6 is 11.6 Å². The number of aryl methyl sites for hydroxylation is 1. The number of nitrogens with zero attached hydrogens (tertiary/aromatic N) is 3. The third-order valence-electron chi connectivity index (χ3n) is 5.78. The molecule has 0 amide bonds. The van der Waals surface area contributed by atoms with E-state index in [9.17, 15) is 5.11 Å². The fourth-order valence-electron chi connectivity index (χ4n) is 3.96. The Kier molecular flexibility index (Phi) is 8.27. The van der Waals surface area contributed by atoms with Gasteiger partial charge in [0.05, 0.1) is 29.7 Å². The summed E-state index contributed by atoms with van der Waals surface area (Å²) in [5.74, 6) is 1.86. The number of para-hydroxylation sites is 1. The third-order valence-corrected chi connectivity index (χ3v) is 6.01. The molecule has 0 saturated heterocycles. The Morgan fingerprint density at radius 3 is 2.56 bits per heavy atom. The molecule has 1 fully saturated rings. The summed E-state index contributed by atoms with van der Waals surface area (Å²) < 4.78 is 13.9. The van der Waals surface area contributed by atoms with E-state index in [4.69, 9.17) is 26.2 Å². The molecular formula is C27H34ClN3O3. The Morgan fingerprint density at radius 1 is 1.12 bits per heavy atom. The van der Waals surface area contributed by atoms with Crippen molar-refractivity contribution in [1.82, 2.24) is 14.7 Å². The topological polar surface area (TPSA) is 59.8 Å². The number of aliphatic hydroxyl groups is 1. The van der Waals surface area contributed by atoms with E-state index in [0.29, 0.717) is 49.2 Å². The predicted octanol–water partition coefficient (Wildman–Crippen LogP) is 5.62. The first kappa shape index (κ1) is 24.7. The molecule has 3 aromatic rings. The van der Waals surface area contributed by atoms with Crippen molar-refractivity contribution in [3.63, 3.8) is 0 Å². The monoisotopic (exact) mass is 483 g/mol. The van der Waals surface area contributed by atoms with Crippen LogP contribution < -0.4 is 4.74 Å². The standard InChI is InChI=1S/C27H34ClN3O3/c1-19(2)17-33-18-24(32)15-30(22-12-13-22)16-26-20(3)29-31(23-9-7-8-21(28)14-23)27(26)34-25-10-5-4-6-11-25/h4-11,14,19,22,24,32H,12-13,15-18H2,1-3H3/t24-/m0/s1. The molecule has 1 N–H and O–H groups in total. The fraction of sp³-hybridized carbons (Fsp3) is 0.444. The van der Waals surface area contributed by atoms with Crippen molar-refractivity contribution in [2.24, 2.45) is 5.92 Å². The minimum absolute atomic E-state index is 0.343. The molecule has 1 heterocycles. The Morgan fingerprint density at radius 2 is 1.88 bits per heavy atom. The minimum atomic E-state index is -0.541. The lowest BCUT2D eigenvalue weighted by molar-refractivity contribution is 0.00536. The molecular weight excluding hydrogens is 450 g/mol. The molecule has 1 aliphatic carbocycles. The van der Waals surface area contributed by atoms with Gasteiger partial charge in [-0.15, -0.1) is 0 Å². The van der Waals surface area contributed by atoms with Crippen LogP contribution in [0.2, 0.25) is 5.02 Å². The van der Waals surface area contributed by atoms with Crippen LogP contribution in [-0.2, 0) is 11.3 Å². The minimum Gasteiger partial charge on any atom is -0.439 e. The van der Waals surface area contributed by atoms with Crippen molar-refractivity contribution >= 4 is 11.6 Å². The molecule has 1 aliphatic rings. The van der Waals surface area contributed by atoms with Crippen molar-refractivity contribution in [3.05, 3.63) is 70.9 Å². The number of aromatic nitrogens is 2. The van der Waals surface area contributed by atoms with E-state index in [1.807, 2.05) is 66.2 Å². The van der Waals surface area contributed by atoms with Crippen molar-refractivity contribution in [2.45, 2.75) is 52.3 Å². The van der Waals surface area contributed by atoms with Crippen molar-refractivity contribution in [1.29, 1.82) is 0 Å². The summed E-state index contributed by atoms with van der Waals surface area (Å²) in [4.78, 5) is 2.33. The van der Waals surface area contributed by atoms with Crippen LogP contribution in [0.15, 0.2) is 54.6 Å². The van der Waals surface area contributed by atoms with Gasteiger partial charge in [0.1, 0.15) is 5.75 Å². The van der Waals surface area contributed by atoms with E-state index < -0.39 is 6.10 Å². The molecule has 0 radical (unpaired) electrons. The van der Waals surface area contributed by atoms with Crippen LogP contribution in [0.4, 0.5) is 0 Å². The molecule has 34 heavy (non-hydrogen) atoms. The largest absolute Gasteiger partial charge is 0.439 e. The van der Waals surface area contributed by atoms with Gasteiger partial charge >= 0.3 is 0 Å². The molecule has 1 saturated carbocycles. The van der Waals surface area contributed by atoms with E-state index >= 15 is 0 Å². The second kappa shape index (κ2) is 11.4. The zero-order valence-corrected chi connectivity index (χ0v) is 20.9. The van der Waals surface area contributed by atoms with E-state index in [0.717, 1.165) is 35.5 Å². The summed E-state index contributed by atoms with van der Waals surface area (Å²) in [5, 5.41) is 16.1. The zero-order chi connectivity index (χ0) is 24.1. The summed E-state index contributed by atoms with van der Waals surface area (Å²) in [6, 6.07) is 17.8. The van der Waals surface area contributed by atoms with Gasteiger partial charge in [0, 0.05) is 30.8 Å². The van der Waals surface area contributed by atoms with Crippen LogP contribution in [0.3, 0.4) is 0 Å². The maximum absolute atomic E-state index is 10.6. The van der Waals surface area contributed by atoms with Gasteiger partial charge in [-0.1, -0.05) is 49.7 Å². The number of aliphatic hydroxyl groups excluding tert-OH is 1. The van der Waals surface area contributed by atoms with Gasteiger partial charge in [-0.3, -0.25) is 4.90 Å². The summed E-state index contributed by atoms with van der Waals surface area (Å²) in [7, 11) is 0. The highest BCUT2D eigenvalue weighted by molar-refractivity contribution is 6.30. The van der Waals surface area contributed by atoms with E-state index in [1.165, 1.54) is 0 Å². The summed E-state index contributed by atoms with van der Waals surface area (Å²) >= 11 is 6.28. The van der Waals surface area contributed by atoms with E-state index in [-0.39, 0.29) is 0 Å². The van der Waals surface area contributed by atoms with Crippen LogP contribution in [0.25, 0.3) is 5.69 Å². The number of rotatable bonds is 12. The number of benzene rings is 2. The zero-order valence-electron chi connectivity index (χ0n) is 20.2. The summed E-state index contributed by atoms with van der Waals surface area (Å²) in [6.45, 7) is 8.41. The van der Waals surface area contributed by atoms with Crippen LogP contribution in [0.5, 0.6) is 11.6 Å². The second-order valence-corrected chi connectivity index (χ2v) is 9.86. The van der Waals surface area contributed by atoms with Gasteiger partial charge in [-0.05, 0) is 56.0 Å². The van der Waals surface area contributed by atoms with Crippen LogP contribution in [0.1, 0.15) is 37.9 Å². The number of hydrogen-bond donors (Lipinski definition) is 1. The van der Waals surface area contributed by atoms with E-state index in [1.54, 1.807) is 0 Å². The van der Waals surface area contributed by atoms with Gasteiger partial charge < -0.3 is 14.6 Å².